The second-order valence-electron chi connectivity index (χ2n) is 7.22. The van der Waals surface area contributed by atoms with Gasteiger partial charge in [-0.3, -0.25) is 14.5 Å². The van der Waals surface area contributed by atoms with Crippen molar-refractivity contribution >= 4 is 34.4 Å². The van der Waals surface area contributed by atoms with Crippen LogP contribution in [0.25, 0.3) is 0 Å². The van der Waals surface area contributed by atoms with Gasteiger partial charge in [0.15, 0.2) is 5.12 Å². The molecule has 1 aliphatic carbocycles. The van der Waals surface area contributed by atoms with Gasteiger partial charge in [0.2, 0.25) is 5.91 Å². The van der Waals surface area contributed by atoms with Crippen LogP contribution < -0.4 is 4.90 Å². The predicted molar refractivity (Wildman–Crippen MR) is 109 cm³/mol. The Hall–Kier alpha value is -1.82. The van der Waals surface area contributed by atoms with Crippen molar-refractivity contribution in [2.24, 2.45) is 5.92 Å². The lowest BCUT2D eigenvalue weighted by molar-refractivity contribution is -0.142. The van der Waals surface area contributed by atoms with Gasteiger partial charge >= 0.3 is 5.97 Å². The number of benzene rings is 1. The lowest BCUT2D eigenvalue weighted by Gasteiger charge is -2.31. The molecule has 5 nitrogen and oxygen atoms in total. The molecule has 0 spiro atoms. The van der Waals surface area contributed by atoms with Crippen molar-refractivity contribution < 1.29 is 19.1 Å². The number of hydrogen-bond donors (Lipinski definition) is 0. The maximum absolute atomic E-state index is 13.1. The van der Waals surface area contributed by atoms with Crippen molar-refractivity contribution in [3.63, 3.8) is 0 Å². The minimum atomic E-state index is -0.760. The highest BCUT2D eigenvalue weighted by Crippen LogP contribution is 2.32. The molecule has 1 aliphatic rings. The summed E-state index contributed by atoms with van der Waals surface area (Å²) in [5, 5.41) is 0.0872. The van der Waals surface area contributed by atoms with Crippen LogP contribution in [-0.4, -0.2) is 35.9 Å². The first-order valence-corrected chi connectivity index (χ1v) is 10.4. The van der Waals surface area contributed by atoms with E-state index >= 15 is 0 Å². The first-order valence-electron chi connectivity index (χ1n) is 9.41. The summed E-state index contributed by atoms with van der Waals surface area (Å²) >= 11 is 1.08. The van der Waals surface area contributed by atoms with Crippen molar-refractivity contribution in [1.29, 1.82) is 0 Å². The van der Waals surface area contributed by atoms with Crippen LogP contribution in [0.15, 0.2) is 12.1 Å². The Morgan fingerprint density at radius 3 is 2.33 bits per heavy atom. The average Bonchev–Trinajstić information content (AvgIpc) is 3.19. The zero-order valence-corrected chi connectivity index (χ0v) is 17.6. The van der Waals surface area contributed by atoms with Crippen LogP contribution in [0.1, 0.15) is 49.3 Å². The Kier molecular flexibility index (Phi) is 7.48. The Balaban J connectivity index is 2.27. The molecule has 6 heteroatoms. The van der Waals surface area contributed by atoms with Gasteiger partial charge in [-0.1, -0.05) is 36.7 Å². The number of amides is 1. The van der Waals surface area contributed by atoms with E-state index < -0.39 is 12.0 Å². The van der Waals surface area contributed by atoms with Crippen LogP contribution in [-0.2, 0) is 19.1 Å². The van der Waals surface area contributed by atoms with Crippen molar-refractivity contribution in [2.45, 2.75) is 59.4 Å². The third kappa shape index (κ3) is 4.92. The summed E-state index contributed by atoms with van der Waals surface area (Å²) in [6.45, 7) is 7.50. The fourth-order valence-corrected chi connectivity index (χ4v) is 4.48. The number of esters is 1. The van der Waals surface area contributed by atoms with Gasteiger partial charge < -0.3 is 4.74 Å². The van der Waals surface area contributed by atoms with E-state index in [1.807, 2.05) is 32.9 Å². The van der Waals surface area contributed by atoms with E-state index in [4.69, 9.17) is 4.74 Å². The van der Waals surface area contributed by atoms with Gasteiger partial charge in [0, 0.05) is 5.92 Å². The normalized spacial score (nSPS) is 15.4. The number of thioether (sulfide) groups is 1. The number of ether oxygens (including phenoxy) is 1. The van der Waals surface area contributed by atoms with Gasteiger partial charge in [-0.05, 0) is 57.2 Å². The maximum atomic E-state index is 13.1. The molecule has 0 saturated heterocycles. The van der Waals surface area contributed by atoms with Gasteiger partial charge in [-0.15, -0.1) is 0 Å². The number of rotatable bonds is 6. The highest BCUT2D eigenvalue weighted by molar-refractivity contribution is 8.14. The van der Waals surface area contributed by atoms with Gasteiger partial charge in [-0.25, -0.2) is 4.79 Å². The fourth-order valence-electron chi connectivity index (χ4n) is 3.60. The monoisotopic (exact) mass is 391 g/mol. The number of carbonyl (C=O) groups is 3. The molecule has 0 aliphatic heterocycles. The van der Waals surface area contributed by atoms with E-state index in [9.17, 15) is 14.4 Å². The van der Waals surface area contributed by atoms with E-state index in [2.05, 4.69) is 0 Å². The molecule has 0 unspecified atom stereocenters. The average molecular weight is 392 g/mol. The molecule has 0 aromatic heterocycles. The largest absolute Gasteiger partial charge is 0.467 e. The molecule has 1 saturated carbocycles. The molecular formula is C21H29NO4S. The van der Waals surface area contributed by atoms with Crippen molar-refractivity contribution in [3.8, 4) is 0 Å². The Labute approximate surface area is 165 Å². The number of nitrogens with zero attached hydrogens (tertiary/aromatic N) is 1. The Morgan fingerprint density at radius 1 is 1.15 bits per heavy atom. The molecule has 0 radical (unpaired) electrons. The summed E-state index contributed by atoms with van der Waals surface area (Å²) in [4.78, 5) is 39.1. The quantitative estimate of drug-likeness (QED) is 0.687. The van der Waals surface area contributed by atoms with E-state index in [0.29, 0.717) is 0 Å². The summed E-state index contributed by atoms with van der Waals surface area (Å²) in [7, 11) is 1.32. The van der Waals surface area contributed by atoms with Crippen LogP contribution in [0.5, 0.6) is 0 Å². The summed E-state index contributed by atoms with van der Waals surface area (Å²) in [5.74, 6) is -0.628. The number of aryl methyl sites for hydroxylation is 2. The molecule has 1 amide bonds. The Bertz CT molecular complexity index is 725. The molecule has 2 rings (SSSR count). The van der Waals surface area contributed by atoms with Crippen molar-refractivity contribution in [2.75, 3.05) is 17.8 Å². The third-order valence-corrected chi connectivity index (χ3v) is 6.38. The standard InChI is InChI=1S/C21H29NO4S/c1-13-10-11-14(2)19(15(13)3)22(16(4)20(24)26-5)18(23)12-27-21(25)17-8-6-7-9-17/h10-11,16-17H,6-9,12H2,1-5H3/t16-/m0/s1. The molecule has 1 fully saturated rings. The van der Waals surface area contributed by atoms with E-state index in [0.717, 1.165) is 59.8 Å². The molecule has 1 atom stereocenters. The van der Waals surface area contributed by atoms with E-state index in [1.54, 1.807) is 6.92 Å². The molecule has 0 bridgehead atoms. The van der Waals surface area contributed by atoms with Gasteiger partial charge in [-0.2, -0.15) is 0 Å². The molecule has 148 valence electrons. The topological polar surface area (TPSA) is 63.7 Å². The van der Waals surface area contributed by atoms with E-state index in [1.165, 1.54) is 12.0 Å². The molecular weight excluding hydrogens is 362 g/mol. The van der Waals surface area contributed by atoms with Crippen LogP contribution in [0.3, 0.4) is 0 Å². The first-order chi connectivity index (χ1) is 12.8. The summed E-state index contributed by atoms with van der Waals surface area (Å²) in [6, 6.07) is 3.18. The van der Waals surface area contributed by atoms with Crippen LogP contribution >= 0.6 is 11.8 Å². The molecule has 0 N–H and O–H groups in total. The number of hydrogen-bond acceptors (Lipinski definition) is 5. The van der Waals surface area contributed by atoms with Crippen molar-refractivity contribution in [1.82, 2.24) is 0 Å². The summed E-state index contributed by atoms with van der Waals surface area (Å²) < 4.78 is 4.87. The maximum Gasteiger partial charge on any atom is 0.328 e. The lowest BCUT2D eigenvalue weighted by atomic mass is 10.0. The van der Waals surface area contributed by atoms with Crippen LogP contribution in [0, 0.1) is 26.7 Å². The summed E-state index contributed by atoms with van der Waals surface area (Å²) in [5.41, 5.74) is 3.63. The highest BCUT2D eigenvalue weighted by atomic mass is 32.2. The zero-order chi connectivity index (χ0) is 20.1. The summed E-state index contributed by atoms with van der Waals surface area (Å²) in [6.07, 6.45) is 3.99. The number of methoxy groups -OCH3 is 1. The van der Waals surface area contributed by atoms with Gasteiger partial charge in [0.1, 0.15) is 6.04 Å². The minimum Gasteiger partial charge on any atom is -0.467 e. The smallest absolute Gasteiger partial charge is 0.328 e. The van der Waals surface area contributed by atoms with Gasteiger partial charge in [0.05, 0.1) is 18.6 Å². The molecule has 27 heavy (non-hydrogen) atoms. The van der Waals surface area contributed by atoms with Gasteiger partial charge in [0.25, 0.3) is 0 Å². The first kappa shape index (κ1) is 21.5. The van der Waals surface area contributed by atoms with E-state index in [-0.39, 0.29) is 22.7 Å². The Morgan fingerprint density at radius 2 is 1.74 bits per heavy atom. The highest BCUT2D eigenvalue weighted by Gasteiger charge is 2.32. The predicted octanol–water partition coefficient (Wildman–Crippen LogP) is 3.96. The molecule has 0 heterocycles. The molecule has 1 aromatic carbocycles. The third-order valence-electron chi connectivity index (χ3n) is 5.37. The number of anilines is 1. The minimum absolute atomic E-state index is 0.0312. The zero-order valence-electron chi connectivity index (χ0n) is 16.8. The fraction of sp³-hybridized carbons (Fsp3) is 0.571. The molecule has 1 aromatic rings. The SMILES string of the molecule is COC(=O)[C@H](C)N(C(=O)CSC(=O)C1CCCC1)c1c(C)ccc(C)c1C. The lowest BCUT2D eigenvalue weighted by Crippen LogP contribution is -2.46. The van der Waals surface area contributed by atoms with Crippen molar-refractivity contribution in [3.05, 3.63) is 28.8 Å². The second-order valence-corrected chi connectivity index (χ2v) is 8.20. The van der Waals surface area contributed by atoms with Crippen LogP contribution in [0.4, 0.5) is 5.69 Å². The number of carbonyl (C=O) groups excluding carboxylic acids is 3. The second kappa shape index (κ2) is 9.40. The van der Waals surface area contributed by atoms with Crippen LogP contribution in [0.2, 0.25) is 0 Å².